The van der Waals surface area contributed by atoms with Gasteiger partial charge in [0.15, 0.2) is 17.5 Å². The molecule has 0 radical (unpaired) electrons. The molecule has 0 atom stereocenters. The van der Waals surface area contributed by atoms with E-state index < -0.39 is 34.9 Å². The number of halogens is 3. The van der Waals surface area contributed by atoms with Crippen LogP contribution in [-0.4, -0.2) is 17.0 Å². The zero-order valence-electron chi connectivity index (χ0n) is 10.3. The van der Waals surface area contributed by atoms with Gasteiger partial charge in [-0.2, -0.15) is 0 Å². The molecule has 110 valence electrons. The monoisotopic (exact) mass is 299 g/mol. The minimum atomic E-state index is -1.66. The van der Waals surface area contributed by atoms with E-state index in [2.05, 4.69) is 5.32 Å². The largest absolute Gasteiger partial charge is 0.475 e. The number of hydrogen-bond acceptors (Lipinski definition) is 3. The first kappa shape index (κ1) is 14.6. The summed E-state index contributed by atoms with van der Waals surface area (Å²) in [6.45, 7) is -0.188. The lowest BCUT2D eigenvalue weighted by molar-refractivity contribution is 0.0660. The van der Waals surface area contributed by atoms with E-state index in [1.165, 1.54) is 12.1 Å². The maximum absolute atomic E-state index is 13.0. The molecular weight excluding hydrogens is 291 g/mol. The second kappa shape index (κ2) is 5.70. The Bertz CT molecular complexity index is 688. The number of furan rings is 1. The lowest BCUT2D eigenvalue weighted by atomic mass is 10.2. The summed E-state index contributed by atoms with van der Waals surface area (Å²) in [6, 6.07) is 3.63. The van der Waals surface area contributed by atoms with Gasteiger partial charge in [-0.05, 0) is 24.3 Å². The van der Waals surface area contributed by atoms with Gasteiger partial charge in [0, 0.05) is 5.56 Å². The van der Waals surface area contributed by atoms with Crippen molar-refractivity contribution in [2.24, 2.45) is 0 Å². The van der Waals surface area contributed by atoms with Crippen LogP contribution in [0.3, 0.4) is 0 Å². The molecule has 2 rings (SSSR count). The summed E-state index contributed by atoms with van der Waals surface area (Å²) in [5.74, 6) is -6.92. The van der Waals surface area contributed by atoms with Crippen LogP contribution in [0.2, 0.25) is 0 Å². The molecule has 0 aliphatic heterocycles. The zero-order valence-corrected chi connectivity index (χ0v) is 10.3. The smallest absolute Gasteiger partial charge is 0.371 e. The van der Waals surface area contributed by atoms with Gasteiger partial charge < -0.3 is 14.8 Å². The minimum absolute atomic E-state index is 0.142. The van der Waals surface area contributed by atoms with Gasteiger partial charge in [-0.25, -0.2) is 18.0 Å². The third-order valence-corrected chi connectivity index (χ3v) is 2.54. The van der Waals surface area contributed by atoms with Crippen LogP contribution < -0.4 is 5.32 Å². The van der Waals surface area contributed by atoms with Crippen LogP contribution in [0.5, 0.6) is 0 Å². The molecule has 1 aromatic carbocycles. The molecule has 8 heteroatoms. The molecular formula is C13H8F3NO4. The van der Waals surface area contributed by atoms with Crippen LogP contribution in [0, 0.1) is 17.5 Å². The summed E-state index contributed by atoms with van der Waals surface area (Å²) < 4.78 is 43.6. The molecule has 0 aliphatic rings. The number of hydrogen-bond donors (Lipinski definition) is 2. The van der Waals surface area contributed by atoms with Gasteiger partial charge in [0.2, 0.25) is 5.76 Å². The zero-order chi connectivity index (χ0) is 15.6. The number of carbonyl (C=O) groups is 2. The highest BCUT2D eigenvalue weighted by Crippen LogP contribution is 2.14. The van der Waals surface area contributed by atoms with E-state index in [4.69, 9.17) is 9.52 Å². The van der Waals surface area contributed by atoms with E-state index in [0.717, 1.165) is 0 Å². The van der Waals surface area contributed by atoms with E-state index in [1.807, 2.05) is 0 Å². The van der Waals surface area contributed by atoms with Crippen molar-refractivity contribution in [2.75, 3.05) is 0 Å². The Labute approximate surface area is 116 Å². The highest BCUT2D eigenvalue weighted by atomic mass is 19.2. The van der Waals surface area contributed by atoms with Crippen LogP contribution in [0.1, 0.15) is 26.7 Å². The average molecular weight is 299 g/mol. The maximum atomic E-state index is 13.0. The maximum Gasteiger partial charge on any atom is 0.371 e. The first-order chi connectivity index (χ1) is 9.88. The van der Waals surface area contributed by atoms with Gasteiger partial charge in [0.05, 0.1) is 6.54 Å². The summed E-state index contributed by atoms with van der Waals surface area (Å²) in [5.41, 5.74) is -0.406. The number of carboxylic acids is 1. The fourth-order valence-corrected chi connectivity index (χ4v) is 1.54. The van der Waals surface area contributed by atoms with E-state index in [1.54, 1.807) is 0 Å². The molecule has 0 bridgehead atoms. The molecule has 2 aromatic rings. The number of aromatic carboxylic acids is 1. The summed E-state index contributed by atoms with van der Waals surface area (Å²) in [4.78, 5) is 22.2. The normalized spacial score (nSPS) is 10.4. The molecule has 0 fully saturated rings. The summed E-state index contributed by atoms with van der Waals surface area (Å²) in [5, 5.41) is 10.9. The van der Waals surface area contributed by atoms with E-state index >= 15 is 0 Å². The Balaban J connectivity index is 2.06. The first-order valence-corrected chi connectivity index (χ1v) is 5.63. The molecule has 1 heterocycles. The number of nitrogens with one attached hydrogen (secondary N) is 1. The summed E-state index contributed by atoms with van der Waals surface area (Å²) in [7, 11) is 0. The molecule has 0 saturated heterocycles. The molecule has 1 amide bonds. The molecule has 1 aromatic heterocycles. The molecule has 0 unspecified atom stereocenters. The van der Waals surface area contributed by atoms with Crippen molar-refractivity contribution in [1.29, 1.82) is 0 Å². The van der Waals surface area contributed by atoms with Crippen molar-refractivity contribution >= 4 is 11.9 Å². The lowest BCUT2D eigenvalue weighted by Crippen LogP contribution is -2.23. The minimum Gasteiger partial charge on any atom is -0.475 e. The second-order valence-electron chi connectivity index (χ2n) is 4.01. The highest BCUT2D eigenvalue weighted by Gasteiger charge is 2.15. The molecule has 0 spiro atoms. The fraction of sp³-hybridized carbons (Fsp3) is 0.0769. The third-order valence-electron chi connectivity index (χ3n) is 2.54. The average Bonchev–Trinajstić information content (AvgIpc) is 2.90. The second-order valence-corrected chi connectivity index (χ2v) is 4.01. The molecule has 0 saturated carbocycles. The molecule has 0 aliphatic carbocycles. The number of benzene rings is 1. The Morgan fingerprint density at radius 1 is 1.14 bits per heavy atom. The Morgan fingerprint density at radius 3 is 2.29 bits per heavy atom. The number of amides is 1. The van der Waals surface area contributed by atoms with Crippen molar-refractivity contribution in [3.05, 3.63) is 58.8 Å². The number of rotatable bonds is 4. The Kier molecular flexibility index (Phi) is 3.97. The Hall–Kier alpha value is -2.77. The number of carboxylic acid groups (broad SMARTS) is 1. The number of carbonyl (C=O) groups excluding carboxylic acids is 1. The van der Waals surface area contributed by atoms with Gasteiger partial charge in [-0.15, -0.1) is 0 Å². The summed E-state index contributed by atoms with van der Waals surface area (Å²) >= 11 is 0. The predicted octanol–water partition coefficient (Wildman–Crippen LogP) is 2.33. The van der Waals surface area contributed by atoms with Gasteiger partial charge in [0.1, 0.15) is 5.76 Å². The van der Waals surface area contributed by atoms with Crippen molar-refractivity contribution in [2.45, 2.75) is 6.54 Å². The van der Waals surface area contributed by atoms with E-state index in [9.17, 15) is 22.8 Å². The van der Waals surface area contributed by atoms with Crippen molar-refractivity contribution in [3.8, 4) is 0 Å². The van der Waals surface area contributed by atoms with Crippen molar-refractivity contribution < 1.29 is 32.3 Å². The van der Waals surface area contributed by atoms with Crippen molar-refractivity contribution in [3.63, 3.8) is 0 Å². The van der Waals surface area contributed by atoms with E-state index in [-0.39, 0.29) is 18.1 Å². The third kappa shape index (κ3) is 3.22. The molecule has 5 nitrogen and oxygen atoms in total. The SMILES string of the molecule is O=C(NCc1ccc(C(=O)O)o1)c1cc(F)c(F)c(F)c1. The standard InChI is InChI=1S/C13H8F3NO4/c14-8-3-6(4-9(15)11(8)16)12(18)17-5-7-1-2-10(21-7)13(19)20/h1-4H,5H2,(H,17,18)(H,19,20). The summed E-state index contributed by atoms with van der Waals surface area (Å²) in [6.07, 6.45) is 0. The van der Waals surface area contributed by atoms with Crippen LogP contribution >= 0.6 is 0 Å². The van der Waals surface area contributed by atoms with Crippen molar-refractivity contribution in [1.82, 2.24) is 5.32 Å². The van der Waals surface area contributed by atoms with Gasteiger partial charge in [-0.1, -0.05) is 0 Å². The van der Waals surface area contributed by atoms with Crippen LogP contribution in [0.15, 0.2) is 28.7 Å². The van der Waals surface area contributed by atoms with E-state index in [0.29, 0.717) is 12.1 Å². The predicted molar refractivity (Wildman–Crippen MR) is 63.2 cm³/mol. The first-order valence-electron chi connectivity index (χ1n) is 5.63. The Morgan fingerprint density at radius 2 is 1.76 bits per heavy atom. The van der Waals surface area contributed by atoms with Crippen LogP contribution in [0.25, 0.3) is 0 Å². The van der Waals surface area contributed by atoms with Crippen LogP contribution in [-0.2, 0) is 6.54 Å². The van der Waals surface area contributed by atoms with Gasteiger partial charge in [0.25, 0.3) is 5.91 Å². The van der Waals surface area contributed by atoms with Gasteiger partial charge in [-0.3, -0.25) is 4.79 Å². The highest BCUT2D eigenvalue weighted by molar-refractivity contribution is 5.94. The fourth-order valence-electron chi connectivity index (χ4n) is 1.54. The molecule has 21 heavy (non-hydrogen) atoms. The molecule has 2 N–H and O–H groups in total. The van der Waals surface area contributed by atoms with Crippen LogP contribution in [0.4, 0.5) is 13.2 Å². The topological polar surface area (TPSA) is 79.5 Å². The van der Waals surface area contributed by atoms with Gasteiger partial charge >= 0.3 is 5.97 Å². The lowest BCUT2D eigenvalue weighted by Gasteiger charge is -2.04. The quantitative estimate of drug-likeness (QED) is 0.849.